The molecule has 3 rings (SSSR count). The molecule has 0 saturated carbocycles. The quantitative estimate of drug-likeness (QED) is 0.798. The number of carbonyl (C=O) groups excluding carboxylic acids is 2. The number of ether oxygens (including phenoxy) is 2. The first-order valence-corrected chi connectivity index (χ1v) is 9.15. The van der Waals surface area contributed by atoms with E-state index in [1.807, 2.05) is 9.80 Å². The highest BCUT2D eigenvalue weighted by atomic mass is 16.5. The summed E-state index contributed by atoms with van der Waals surface area (Å²) in [6.07, 6.45) is 4.73. The third-order valence-corrected chi connectivity index (χ3v) is 5.12. The van der Waals surface area contributed by atoms with Crippen molar-refractivity contribution in [2.75, 3.05) is 33.3 Å². The second kappa shape index (κ2) is 8.33. The summed E-state index contributed by atoms with van der Waals surface area (Å²) in [5.41, 5.74) is 0. The largest absolute Gasteiger partial charge is 0.474 e. The van der Waals surface area contributed by atoms with Crippen molar-refractivity contribution in [1.82, 2.24) is 19.8 Å². The van der Waals surface area contributed by atoms with Crippen molar-refractivity contribution in [2.45, 2.75) is 38.7 Å². The van der Waals surface area contributed by atoms with Crippen LogP contribution >= 0.6 is 0 Å². The average molecular weight is 362 g/mol. The summed E-state index contributed by atoms with van der Waals surface area (Å²) >= 11 is 0. The van der Waals surface area contributed by atoms with Gasteiger partial charge >= 0.3 is 6.01 Å². The first-order chi connectivity index (χ1) is 12.6. The lowest BCUT2D eigenvalue weighted by Gasteiger charge is -2.37. The lowest BCUT2D eigenvalue weighted by molar-refractivity contribution is -0.141. The van der Waals surface area contributed by atoms with Gasteiger partial charge in [-0.3, -0.25) is 9.59 Å². The molecular formula is C18H26N4O4. The topological polar surface area (TPSA) is 84.9 Å². The first kappa shape index (κ1) is 18.4. The molecular weight excluding hydrogens is 336 g/mol. The van der Waals surface area contributed by atoms with E-state index in [0.29, 0.717) is 32.1 Å². The maximum atomic E-state index is 12.7. The molecule has 0 radical (unpaired) electrons. The predicted molar refractivity (Wildman–Crippen MR) is 93.8 cm³/mol. The number of nitrogens with zero attached hydrogens (tertiary/aromatic N) is 4. The summed E-state index contributed by atoms with van der Waals surface area (Å²) < 4.78 is 10.9. The van der Waals surface area contributed by atoms with Crippen molar-refractivity contribution in [3.05, 3.63) is 12.3 Å². The van der Waals surface area contributed by atoms with Gasteiger partial charge in [0.2, 0.25) is 17.7 Å². The van der Waals surface area contributed by atoms with E-state index in [1.165, 1.54) is 7.11 Å². The van der Waals surface area contributed by atoms with E-state index in [9.17, 15) is 9.59 Å². The van der Waals surface area contributed by atoms with Crippen LogP contribution in [0.2, 0.25) is 0 Å². The molecule has 8 nitrogen and oxygen atoms in total. The minimum atomic E-state index is 0.0363. The molecule has 0 atom stereocenters. The van der Waals surface area contributed by atoms with Crippen molar-refractivity contribution in [1.29, 1.82) is 0 Å². The van der Waals surface area contributed by atoms with Crippen LogP contribution in [0.5, 0.6) is 11.9 Å². The van der Waals surface area contributed by atoms with Gasteiger partial charge in [-0.25, -0.2) is 4.98 Å². The van der Waals surface area contributed by atoms with Gasteiger partial charge in [0, 0.05) is 64.1 Å². The van der Waals surface area contributed by atoms with Gasteiger partial charge in [0.15, 0.2) is 0 Å². The molecule has 2 fully saturated rings. The second-order valence-electron chi connectivity index (χ2n) is 6.80. The van der Waals surface area contributed by atoms with Crippen molar-refractivity contribution in [3.63, 3.8) is 0 Å². The van der Waals surface area contributed by atoms with E-state index in [1.54, 1.807) is 19.2 Å². The summed E-state index contributed by atoms with van der Waals surface area (Å²) in [6.45, 7) is 4.33. The maximum Gasteiger partial charge on any atom is 0.319 e. The highest BCUT2D eigenvalue weighted by molar-refractivity contribution is 5.79. The Morgan fingerprint density at radius 3 is 2.35 bits per heavy atom. The Hall–Kier alpha value is -2.38. The van der Waals surface area contributed by atoms with Crippen LogP contribution in [0.15, 0.2) is 12.3 Å². The molecule has 2 amide bonds. The van der Waals surface area contributed by atoms with Crippen LogP contribution in [0, 0.1) is 5.92 Å². The summed E-state index contributed by atoms with van der Waals surface area (Å²) in [7, 11) is 1.52. The average Bonchev–Trinajstić information content (AvgIpc) is 2.68. The van der Waals surface area contributed by atoms with Crippen molar-refractivity contribution in [3.8, 4) is 11.9 Å². The van der Waals surface area contributed by atoms with Crippen molar-refractivity contribution in [2.24, 2.45) is 5.92 Å². The third kappa shape index (κ3) is 4.42. The van der Waals surface area contributed by atoms with Gasteiger partial charge in [-0.2, -0.15) is 4.98 Å². The van der Waals surface area contributed by atoms with Crippen LogP contribution in [-0.4, -0.2) is 71.0 Å². The minimum absolute atomic E-state index is 0.0363. The SMILES string of the molecule is COc1nccc(OC2CCN(C(=O)C3CCN(C(C)=O)CC3)CC2)n1. The Kier molecular flexibility index (Phi) is 5.90. The summed E-state index contributed by atoms with van der Waals surface area (Å²) in [5, 5.41) is 0. The molecule has 142 valence electrons. The van der Waals surface area contributed by atoms with Crippen molar-refractivity contribution < 1.29 is 19.1 Å². The molecule has 26 heavy (non-hydrogen) atoms. The van der Waals surface area contributed by atoms with E-state index in [2.05, 4.69) is 9.97 Å². The van der Waals surface area contributed by atoms with Crippen LogP contribution < -0.4 is 9.47 Å². The fraction of sp³-hybridized carbons (Fsp3) is 0.667. The van der Waals surface area contributed by atoms with Gasteiger partial charge < -0.3 is 19.3 Å². The number of piperidine rings is 2. The van der Waals surface area contributed by atoms with Crippen molar-refractivity contribution >= 4 is 11.8 Å². The van der Waals surface area contributed by atoms with Crippen LogP contribution in [0.1, 0.15) is 32.6 Å². The Morgan fingerprint density at radius 1 is 1.08 bits per heavy atom. The summed E-state index contributed by atoms with van der Waals surface area (Å²) in [4.78, 5) is 36.0. The van der Waals surface area contributed by atoms with Gasteiger partial charge in [-0.1, -0.05) is 0 Å². The Morgan fingerprint density at radius 2 is 1.73 bits per heavy atom. The lowest BCUT2D eigenvalue weighted by atomic mass is 9.94. The van der Waals surface area contributed by atoms with E-state index < -0.39 is 0 Å². The van der Waals surface area contributed by atoms with Gasteiger partial charge in [0.25, 0.3) is 0 Å². The Balaban J connectivity index is 1.46. The van der Waals surface area contributed by atoms with E-state index in [0.717, 1.165) is 25.7 Å². The molecule has 1 aromatic heterocycles. The molecule has 8 heteroatoms. The highest BCUT2D eigenvalue weighted by Gasteiger charge is 2.31. The summed E-state index contributed by atoms with van der Waals surface area (Å²) in [5.74, 6) is 0.845. The molecule has 2 saturated heterocycles. The Bertz CT molecular complexity index is 638. The highest BCUT2D eigenvalue weighted by Crippen LogP contribution is 2.23. The predicted octanol–water partition coefficient (Wildman–Crippen LogP) is 1.11. The van der Waals surface area contributed by atoms with Gasteiger partial charge in [-0.15, -0.1) is 0 Å². The fourth-order valence-corrected chi connectivity index (χ4v) is 3.55. The number of hydrogen-bond donors (Lipinski definition) is 0. The number of methoxy groups -OCH3 is 1. The van der Waals surface area contributed by atoms with Gasteiger partial charge in [-0.05, 0) is 12.8 Å². The summed E-state index contributed by atoms with van der Waals surface area (Å²) in [6, 6.07) is 2.00. The minimum Gasteiger partial charge on any atom is -0.474 e. The number of aromatic nitrogens is 2. The molecule has 3 heterocycles. The monoisotopic (exact) mass is 362 g/mol. The lowest BCUT2D eigenvalue weighted by Crippen LogP contribution is -2.47. The number of hydrogen-bond acceptors (Lipinski definition) is 6. The zero-order valence-corrected chi connectivity index (χ0v) is 15.4. The standard InChI is InChI=1S/C18H26N4O4/c1-13(23)21-9-4-14(5-10-21)17(24)22-11-6-15(7-12-22)26-16-3-8-19-18(20-16)25-2/h3,8,14-15H,4-7,9-12H2,1-2H3. The molecule has 1 aromatic rings. The molecule has 0 unspecified atom stereocenters. The third-order valence-electron chi connectivity index (χ3n) is 5.12. The van der Waals surface area contributed by atoms with Crippen LogP contribution in [0.25, 0.3) is 0 Å². The van der Waals surface area contributed by atoms with E-state index in [-0.39, 0.29) is 29.8 Å². The first-order valence-electron chi connectivity index (χ1n) is 9.15. The normalized spacial score (nSPS) is 19.3. The Labute approximate surface area is 153 Å². The number of carbonyl (C=O) groups is 2. The van der Waals surface area contributed by atoms with Gasteiger partial charge in [0.05, 0.1) is 7.11 Å². The maximum absolute atomic E-state index is 12.7. The zero-order valence-electron chi connectivity index (χ0n) is 15.4. The molecule has 0 aromatic carbocycles. The second-order valence-corrected chi connectivity index (χ2v) is 6.80. The van der Waals surface area contributed by atoms with E-state index >= 15 is 0 Å². The fourth-order valence-electron chi connectivity index (χ4n) is 3.55. The number of amides is 2. The van der Waals surface area contributed by atoms with E-state index in [4.69, 9.17) is 9.47 Å². The molecule has 2 aliphatic rings. The van der Waals surface area contributed by atoms with Gasteiger partial charge in [0.1, 0.15) is 6.10 Å². The molecule has 0 N–H and O–H groups in total. The molecule has 2 aliphatic heterocycles. The van der Waals surface area contributed by atoms with Crippen LogP contribution in [0.3, 0.4) is 0 Å². The molecule has 0 aliphatic carbocycles. The number of likely N-dealkylation sites (tertiary alicyclic amines) is 2. The number of rotatable bonds is 4. The molecule has 0 bridgehead atoms. The van der Waals surface area contributed by atoms with Crippen LogP contribution in [0.4, 0.5) is 0 Å². The van der Waals surface area contributed by atoms with Crippen LogP contribution in [-0.2, 0) is 9.59 Å². The smallest absolute Gasteiger partial charge is 0.319 e. The molecule has 0 spiro atoms. The zero-order chi connectivity index (χ0) is 18.5.